The van der Waals surface area contributed by atoms with E-state index in [4.69, 9.17) is 4.74 Å². The second-order valence-electron chi connectivity index (χ2n) is 8.52. The largest absolute Gasteiger partial charge is 0.457 e. The Bertz CT molecular complexity index is 1070. The highest BCUT2D eigenvalue weighted by Crippen LogP contribution is 2.41. The molecule has 32 heavy (non-hydrogen) atoms. The Hall–Kier alpha value is -3.25. The summed E-state index contributed by atoms with van der Waals surface area (Å²) in [5.41, 5.74) is 1.89. The van der Waals surface area contributed by atoms with E-state index < -0.39 is 11.5 Å². The van der Waals surface area contributed by atoms with E-state index in [1.54, 1.807) is 48.8 Å². The van der Waals surface area contributed by atoms with E-state index in [-0.39, 0.29) is 11.7 Å². The lowest BCUT2D eigenvalue weighted by Gasteiger charge is -2.33. The van der Waals surface area contributed by atoms with Crippen LogP contribution in [0.3, 0.4) is 0 Å². The third-order valence-electron chi connectivity index (χ3n) is 6.26. The molecule has 0 aliphatic heterocycles. The number of nitrogens with one attached hydrogen (secondary N) is 1. The van der Waals surface area contributed by atoms with Crippen molar-refractivity contribution in [2.75, 3.05) is 6.54 Å². The fraction of sp³-hybridized carbons (Fsp3) is 0.308. The number of rotatable bonds is 7. The van der Waals surface area contributed by atoms with Crippen molar-refractivity contribution in [3.05, 3.63) is 89.5 Å². The Morgan fingerprint density at radius 3 is 2.62 bits per heavy atom. The summed E-state index contributed by atoms with van der Waals surface area (Å²) in [6.07, 6.45) is 5.76. The van der Waals surface area contributed by atoms with Crippen LogP contribution in [0.2, 0.25) is 0 Å². The summed E-state index contributed by atoms with van der Waals surface area (Å²) in [6, 6.07) is 15.2. The van der Waals surface area contributed by atoms with Gasteiger partial charge in [-0.3, -0.25) is 9.78 Å². The number of hydrogen-bond donors (Lipinski definition) is 2. The van der Waals surface area contributed by atoms with E-state index in [0.29, 0.717) is 36.4 Å². The molecule has 2 unspecified atom stereocenters. The molecule has 6 heteroatoms. The summed E-state index contributed by atoms with van der Waals surface area (Å²) in [5, 5.41) is 13.7. The van der Waals surface area contributed by atoms with Crippen molar-refractivity contribution < 1.29 is 19.0 Å². The first-order chi connectivity index (χ1) is 15.4. The molecule has 1 aliphatic rings. The van der Waals surface area contributed by atoms with Gasteiger partial charge in [-0.1, -0.05) is 24.6 Å². The van der Waals surface area contributed by atoms with Gasteiger partial charge in [0.25, 0.3) is 5.91 Å². The van der Waals surface area contributed by atoms with Gasteiger partial charge in [0.15, 0.2) is 0 Å². The molecule has 1 fully saturated rings. The predicted molar refractivity (Wildman–Crippen MR) is 120 cm³/mol. The van der Waals surface area contributed by atoms with E-state index in [0.717, 1.165) is 24.0 Å². The van der Waals surface area contributed by atoms with Gasteiger partial charge in [0.05, 0.1) is 6.10 Å². The van der Waals surface area contributed by atoms with Crippen molar-refractivity contribution in [1.29, 1.82) is 0 Å². The Kier molecular flexibility index (Phi) is 6.51. The molecule has 1 aliphatic carbocycles. The van der Waals surface area contributed by atoms with Crippen LogP contribution in [0, 0.1) is 18.2 Å². The van der Waals surface area contributed by atoms with Crippen molar-refractivity contribution in [3.8, 4) is 11.5 Å². The number of halogens is 1. The van der Waals surface area contributed by atoms with Crippen LogP contribution in [0.5, 0.6) is 11.5 Å². The summed E-state index contributed by atoms with van der Waals surface area (Å²) in [4.78, 5) is 16.9. The van der Waals surface area contributed by atoms with Crippen LogP contribution in [0.25, 0.3) is 0 Å². The number of aryl methyl sites for hydroxylation is 1. The highest BCUT2D eigenvalue weighted by molar-refractivity contribution is 5.94. The topological polar surface area (TPSA) is 71.5 Å². The first-order valence-corrected chi connectivity index (χ1v) is 10.8. The van der Waals surface area contributed by atoms with Crippen molar-refractivity contribution >= 4 is 5.91 Å². The summed E-state index contributed by atoms with van der Waals surface area (Å²) in [7, 11) is 0. The van der Waals surface area contributed by atoms with Crippen LogP contribution >= 0.6 is 0 Å². The minimum absolute atomic E-state index is 0.220. The van der Waals surface area contributed by atoms with Crippen LogP contribution in [0.15, 0.2) is 67.0 Å². The number of ether oxygens (including phenoxy) is 1. The maximum Gasteiger partial charge on any atom is 0.251 e. The minimum Gasteiger partial charge on any atom is -0.457 e. The van der Waals surface area contributed by atoms with Gasteiger partial charge in [-0.2, -0.15) is 0 Å². The molecule has 3 aromatic rings. The molecule has 0 spiro atoms. The Labute approximate surface area is 187 Å². The lowest BCUT2D eigenvalue weighted by atomic mass is 9.78. The summed E-state index contributed by atoms with van der Waals surface area (Å²) in [6.45, 7) is 2.27. The number of carbonyl (C=O) groups is 1. The van der Waals surface area contributed by atoms with Gasteiger partial charge in [0.1, 0.15) is 17.3 Å². The van der Waals surface area contributed by atoms with Crippen LogP contribution in [-0.4, -0.2) is 28.6 Å². The molecule has 1 heterocycles. The van der Waals surface area contributed by atoms with E-state index in [1.165, 1.54) is 12.1 Å². The Morgan fingerprint density at radius 1 is 1.19 bits per heavy atom. The molecule has 1 aromatic heterocycles. The fourth-order valence-corrected chi connectivity index (χ4v) is 4.35. The minimum atomic E-state index is -0.517. The highest BCUT2D eigenvalue weighted by atomic mass is 19.1. The molecule has 0 bridgehead atoms. The molecular formula is C26H27FN2O3. The molecule has 0 saturated heterocycles. The van der Waals surface area contributed by atoms with E-state index in [2.05, 4.69) is 10.3 Å². The third-order valence-corrected chi connectivity index (χ3v) is 6.26. The zero-order valence-corrected chi connectivity index (χ0v) is 18.1. The quantitative estimate of drug-likeness (QED) is 0.559. The zero-order chi connectivity index (χ0) is 22.6. The van der Waals surface area contributed by atoms with E-state index >= 15 is 0 Å². The van der Waals surface area contributed by atoms with Gasteiger partial charge >= 0.3 is 0 Å². The Balaban J connectivity index is 1.47. The first kappa shape index (κ1) is 22.0. The van der Waals surface area contributed by atoms with E-state index in [1.807, 2.05) is 13.0 Å². The summed E-state index contributed by atoms with van der Waals surface area (Å²) >= 11 is 0. The normalized spacial score (nSPS) is 20.2. The molecule has 2 aromatic carbocycles. The lowest BCUT2D eigenvalue weighted by molar-refractivity contribution is 0.0500. The molecule has 2 atom stereocenters. The second-order valence-corrected chi connectivity index (χ2v) is 8.52. The van der Waals surface area contributed by atoms with Gasteiger partial charge in [0.2, 0.25) is 0 Å². The lowest BCUT2D eigenvalue weighted by Crippen LogP contribution is -2.44. The van der Waals surface area contributed by atoms with Crippen LogP contribution in [0.4, 0.5) is 4.39 Å². The van der Waals surface area contributed by atoms with Gasteiger partial charge in [0, 0.05) is 29.9 Å². The molecule has 1 saturated carbocycles. The Morgan fingerprint density at radius 2 is 1.94 bits per heavy atom. The first-order valence-electron chi connectivity index (χ1n) is 10.8. The standard InChI is InChI=1S/C26H27FN2O3/c1-18-4-7-20(15-23(18)32-22-10-13-28-14-11-22)25(31)29-17-26(12-2-3-24(26)30)16-19-5-8-21(27)9-6-19/h4-11,13-15,24,30H,2-3,12,16-17H2,1H3,(H,29,31). The number of carbonyl (C=O) groups excluding carboxylic acids is 1. The molecule has 4 rings (SSSR count). The SMILES string of the molecule is Cc1ccc(C(=O)NCC2(Cc3ccc(F)cc3)CCCC2O)cc1Oc1ccncc1. The van der Waals surface area contributed by atoms with Crippen molar-refractivity contribution in [1.82, 2.24) is 10.3 Å². The van der Waals surface area contributed by atoms with Crippen molar-refractivity contribution in [2.24, 2.45) is 5.41 Å². The zero-order valence-electron chi connectivity index (χ0n) is 18.1. The number of amides is 1. The monoisotopic (exact) mass is 434 g/mol. The van der Waals surface area contributed by atoms with Gasteiger partial charge in [-0.05, 0) is 73.7 Å². The number of aliphatic hydroxyl groups is 1. The van der Waals surface area contributed by atoms with Crippen LogP contribution < -0.4 is 10.1 Å². The number of benzene rings is 2. The fourth-order valence-electron chi connectivity index (χ4n) is 4.35. The summed E-state index contributed by atoms with van der Waals surface area (Å²) in [5.74, 6) is 0.744. The molecule has 1 amide bonds. The average molecular weight is 435 g/mol. The molecule has 5 nitrogen and oxygen atoms in total. The van der Waals surface area contributed by atoms with Gasteiger partial charge in [-0.25, -0.2) is 4.39 Å². The second kappa shape index (κ2) is 9.49. The number of aromatic nitrogens is 1. The highest BCUT2D eigenvalue weighted by Gasteiger charge is 2.42. The maximum atomic E-state index is 13.3. The van der Waals surface area contributed by atoms with Crippen LogP contribution in [-0.2, 0) is 6.42 Å². The van der Waals surface area contributed by atoms with Crippen LogP contribution in [0.1, 0.15) is 40.7 Å². The maximum absolute atomic E-state index is 13.3. The molecular weight excluding hydrogens is 407 g/mol. The van der Waals surface area contributed by atoms with Crippen molar-refractivity contribution in [2.45, 2.75) is 38.7 Å². The van der Waals surface area contributed by atoms with Gasteiger partial charge in [-0.15, -0.1) is 0 Å². The van der Waals surface area contributed by atoms with Crippen molar-refractivity contribution in [3.63, 3.8) is 0 Å². The molecule has 2 N–H and O–H groups in total. The third kappa shape index (κ3) is 4.97. The number of pyridine rings is 1. The van der Waals surface area contributed by atoms with Gasteiger partial charge < -0.3 is 15.2 Å². The van der Waals surface area contributed by atoms with E-state index in [9.17, 15) is 14.3 Å². The predicted octanol–water partition coefficient (Wildman–Crippen LogP) is 4.83. The molecule has 166 valence electrons. The summed E-state index contributed by atoms with van der Waals surface area (Å²) < 4.78 is 19.2. The number of aliphatic hydroxyl groups excluding tert-OH is 1. The average Bonchev–Trinajstić information content (AvgIpc) is 3.16. The number of hydrogen-bond acceptors (Lipinski definition) is 4. The molecule has 0 radical (unpaired) electrons. The number of nitrogens with zero attached hydrogens (tertiary/aromatic N) is 1. The smallest absolute Gasteiger partial charge is 0.251 e.